The summed E-state index contributed by atoms with van der Waals surface area (Å²) in [6.07, 6.45) is 1.85. The Hall–Kier alpha value is -1.12. The van der Waals surface area contributed by atoms with Crippen molar-refractivity contribution in [2.24, 2.45) is 5.73 Å². The van der Waals surface area contributed by atoms with Crippen LogP contribution in [0.25, 0.3) is 0 Å². The zero-order valence-corrected chi connectivity index (χ0v) is 7.61. The minimum absolute atomic E-state index is 0.440. The van der Waals surface area contributed by atoms with Gasteiger partial charge in [0.15, 0.2) is 0 Å². The fraction of sp³-hybridized carbons (Fsp3) is 0.273. The van der Waals surface area contributed by atoms with Crippen molar-refractivity contribution in [2.45, 2.75) is 19.1 Å². The lowest BCUT2D eigenvalue weighted by Crippen LogP contribution is -1.98. The first-order valence-electron chi connectivity index (χ1n) is 4.35. The summed E-state index contributed by atoms with van der Waals surface area (Å²) in [5.41, 5.74) is 7.45. The monoisotopic (exact) mass is 177 g/mol. The van der Waals surface area contributed by atoms with Crippen molar-refractivity contribution in [3.05, 3.63) is 48.0 Å². The van der Waals surface area contributed by atoms with E-state index in [-0.39, 0.29) is 0 Å². The standard InChI is InChI=1S/C11H15NO/c1-2-3-11(13)10-6-4-9(8-12)5-7-10/h2,4-7,11,13H,1,3,8,12H2/t11-/m1/s1. The van der Waals surface area contributed by atoms with E-state index in [0.29, 0.717) is 13.0 Å². The molecule has 0 radical (unpaired) electrons. The lowest BCUT2D eigenvalue weighted by molar-refractivity contribution is 0.181. The second-order valence-electron chi connectivity index (χ2n) is 2.99. The van der Waals surface area contributed by atoms with Gasteiger partial charge in [0.2, 0.25) is 0 Å². The quantitative estimate of drug-likeness (QED) is 0.688. The summed E-state index contributed by atoms with van der Waals surface area (Å²) in [4.78, 5) is 0. The minimum atomic E-state index is -0.440. The van der Waals surface area contributed by atoms with Crippen LogP contribution in [0.2, 0.25) is 0 Å². The molecular formula is C11H15NO. The van der Waals surface area contributed by atoms with Crippen molar-refractivity contribution >= 4 is 0 Å². The Labute approximate surface area is 78.7 Å². The molecule has 0 amide bonds. The van der Waals surface area contributed by atoms with Crippen LogP contribution in [-0.2, 0) is 6.54 Å². The number of benzene rings is 1. The van der Waals surface area contributed by atoms with Gasteiger partial charge >= 0.3 is 0 Å². The SMILES string of the molecule is C=CC[C@@H](O)c1ccc(CN)cc1. The maximum atomic E-state index is 9.58. The summed E-state index contributed by atoms with van der Waals surface area (Å²) in [5, 5.41) is 9.58. The lowest BCUT2D eigenvalue weighted by atomic mass is 10.0. The van der Waals surface area contributed by atoms with Gasteiger partial charge < -0.3 is 10.8 Å². The average Bonchev–Trinajstić information content (AvgIpc) is 2.18. The zero-order chi connectivity index (χ0) is 9.68. The Bertz CT molecular complexity index is 266. The Morgan fingerprint density at radius 3 is 2.46 bits per heavy atom. The van der Waals surface area contributed by atoms with Gasteiger partial charge in [0.05, 0.1) is 6.10 Å². The van der Waals surface area contributed by atoms with Crippen molar-refractivity contribution in [3.63, 3.8) is 0 Å². The summed E-state index contributed by atoms with van der Waals surface area (Å²) >= 11 is 0. The first-order valence-corrected chi connectivity index (χ1v) is 4.35. The molecule has 0 saturated carbocycles. The Morgan fingerprint density at radius 1 is 1.38 bits per heavy atom. The molecule has 0 spiro atoms. The van der Waals surface area contributed by atoms with Gasteiger partial charge in [-0.2, -0.15) is 0 Å². The Balaban J connectivity index is 2.73. The molecule has 0 fully saturated rings. The average molecular weight is 177 g/mol. The molecule has 3 N–H and O–H groups in total. The molecule has 1 aromatic rings. The fourth-order valence-corrected chi connectivity index (χ4v) is 1.17. The van der Waals surface area contributed by atoms with E-state index in [2.05, 4.69) is 6.58 Å². The van der Waals surface area contributed by atoms with Crippen molar-refractivity contribution in [2.75, 3.05) is 0 Å². The van der Waals surface area contributed by atoms with Crippen LogP contribution < -0.4 is 5.73 Å². The van der Waals surface area contributed by atoms with Gasteiger partial charge in [-0.1, -0.05) is 30.3 Å². The molecule has 0 saturated heterocycles. The topological polar surface area (TPSA) is 46.2 Å². The second-order valence-corrected chi connectivity index (χ2v) is 2.99. The lowest BCUT2D eigenvalue weighted by Gasteiger charge is -2.08. The van der Waals surface area contributed by atoms with Gasteiger partial charge in [0.1, 0.15) is 0 Å². The molecule has 0 aliphatic rings. The van der Waals surface area contributed by atoms with E-state index in [1.165, 1.54) is 0 Å². The van der Waals surface area contributed by atoms with E-state index in [0.717, 1.165) is 11.1 Å². The molecule has 0 aromatic heterocycles. The largest absolute Gasteiger partial charge is 0.388 e. The summed E-state index contributed by atoms with van der Waals surface area (Å²) in [6.45, 7) is 4.12. The highest BCUT2D eigenvalue weighted by Gasteiger charge is 2.03. The molecule has 0 aliphatic heterocycles. The van der Waals surface area contributed by atoms with E-state index in [1.54, 1.807) is 6.08 Å². The fourth-order valence-electron chi connectivity index (χ4n) is 1.17. The van der Waals surface area contributed by atoms with Crippen LogP contribution in [-0.4, -0.2) is 5.11 Å². The number of hydrogen-bond donors (Lipinski definition) is 2. The highest BCUT2D eigenvalue weighted by atomic mass is 16.3. The first kappa shape index (κ1) is 9.96. The Kier molecular flexibility index (Phi) is 3.68. The second kappa shape index (κ2) is 4.80. The molecule has 70 valence electrons. The number of aliphatic hydroxyl groups is 1. The van der Waals surface area contributed by atoms with Gasteiger partial charge in [0, 0.05) is 6.54 Å². The third kappa shape index (κ3) is 2.68. The van der Waals surface area contributed by atoms with E-state index in [4.69, 9.17) is 5.73 Å². The van der Waals surface area contributed by atoms with Gasteiger partial charge in [-0.15, -0.1) is 6.58 Å². The highest BCUT2D eigenvalue weighted by Crippen LogP contribution is 2.16. The number of nitrogens with two attached hydrogens (primary N) is 1. The van der Waals surface area contributed by atoms with Gasteiger partial charge in [0.25, 0.3) is 0 Å². The smallest absolute Gasteiger partial charge is 0.0824 e. The molecular weight excluding hydrogens is 162 g/mol. The molecule has 2 nitrogen and oxygen atoms in total. The highest BCUT2D eigenvalue weighted by molar-refractivity contribution is 5.24. The summed E-state index contributed by atoms with van der Waals surface area (Å²) in [5.74, 6) is 0. The molecule has 0 heterocycles. The Morgan fingerprint density at radius 2 is 2.00 bits per heavy atom. The minimum Gasteiger partial charge on any atom is -0.388 e. The number of rotatable bonds is 4. The van der Waals surface area contributed by atoms with Crippen LogP contribution in [0, 0.1) is 0 Å². The van der Waals surface area contributed by atoms with Crippen LogP contribution in [0.4, 0.5) is 0 Å². The molecule has 13 heavy (non-hydrogen) atoms. The van der Waals surface area contributed by atoms with E-state index < -0.39 is 6.10 Å². The molecule has 0 unspecified atom stereocenters. The van der Waals surface area contributed by atoms with Crippen LogP contribution in [0.1, 0.15) is 23.7 Å². The predicted octanol–water partition coefficient (Wildman–Crippen LogP) is 1.75. The molecule has 2 heteroatoms. The van der Waals surface area contributed by atoms with Gasteiger partial charge in [-0.25, -0.2) is 0 Å². The summed E-state index contributed by atoms with van der Waals surface area (Å²) in [6, 6.07) is 7.66. The van der Waals surface area contributed by atoms with Crippen molar-refractivity contribution in [1.29, 1.82) is 0 Å². The predicted molar refractivity (Wildman–Crippen MR) is 54.1 cm³/mol. The van der Waals surface area contributed by atoms with E-state index in [9.17, 15) is 5.11 Å². The van der Waals surface area contributed by atoms with Crippen molar-refractivity contribution in [1.82, 2.24) is 0 Å². The molecule has 0 aliphatic carbocycles. The first-order chi connectivity index (χ1) is 6.27. The van der Waals surface area contributed by atoms with Crippen LogP contribution in [0.5, 0.6) is 0 Å². The van der Waals surface area contributed by atoms with E-state index >= 15 is 0 Å². The van der Waals surface area contributed by atoms with Crippen LogP contribution in [0.3, 0.4) is 0 Å². The van der Waals surface area contributed by atoms with Gasteiger partial charge in [-0.3, -0.25) is 0 Å². The number of hydrogen-bond acceptors (Lipinski definition) is 2. The zero-order valence-electron chi connectivity index (χ0n) is 7.61. The molecule has 1 atom stereocenters. The van der Waals surface area contributed by atoms with E-state index in [1.807, 2.05) is 24.3 Å². The third-order valence-corrected chi connectivity index (χ3v) is 1.99. The number of aliphatic hydroxyl groups excluding tert-OH is 1. The van der Waals surface area contributed by atoms with Crippen molar-refractivity contribution < 1.29 is 5.11 Å². The van der Waals surface area contributed by atoms with Crippen LogP contribution >= 0.6 is 0 Å². The van der Waals surface area contributed by atoms with Crippen LogP contribution in [0.15, 0.2) is 36.9 Å². The summed E-state index contributed by atoms with van der Waals surface area (Å²) in [7, 11) is 0. The maximum absolute atomic E-state index is 9.58. The normalized spacial score (nSPS) is 12.5. The third-order valence-electron chi connectivity index (χ3n) is 1.99. The van der Waals surface area contributed by atoms with Gasteiger partial charge in [-0.05, 0) is 17.5 Å². The summed E-state index contributed by atoms with van der Waals surface area (Å²) < 4.78 is 0. The molecule has 0 bridgehead atoms. The maximum Gasteiger partial charge on any atom is 0.0824 e. The molecule has 1 rings (SSSR count). The van der Waals surface area contributed by atoms with Crippen molar-refractivity contribution in [3.8, 4) is 0 Å². The molecule has 1 aromatic carbocycles.